The van der Waals surface area contributed by atoms with Crippen molar-refractivity contribution in [2.45, 2.75) is 58.7 Å². The Hall–Kier alpha value is -1.35. The molecule has 0 saturated heterocycles. The van der Waals surface area contributed by atoms with Gasteiger partial charge in [0, 0.05) is 43.0 Å². The lowest BCUT2D eigenvalue weighted by Gasteiger charge is -2.32. The highest BCUT2D eigenvalue weighted by Gasteiger charge is 2.27. The highest BCUT2D eigenvalue weighted by molar-refractivity contribution is 5.83. The molecule has 0 N–H and O–H groups in total. The zero-order chi connectivity index (χ0) is 13.9. The van der Waals surface area contributed by atoms with Gasteiger partial charge in [0.25, 0.3) is 0 Å². The van der Waals surface area contributed by atoms with Crippen molar-refractivity contribution in [3.8, 4) is 0 Å². The van der Waals surface area contributed by atoms with Gasteiger partial charge in [-0.05, 0) is 56.7 Å². The molecule has 3 heterocycles. The summed E-state index contributed by atoms with van der Waals surface area (Å²) < 4.78 is 2.44. The van der Waals surface area contributed by atoms with Gasteiger partial charge in [-0.25, -0.2) is 4.98 Å². The van der Waals surface area contributed by atoms with Crippen LogP contribution >= 0.6 is 0 Å². The van der Waals surface area contributed by atoms with Gasteiger partial charge in [-0.2, -0.15) is 0 Å². The second-order valence-corrected chi connectivity index (χ2v) is 6.70. The standard InChI is InChI=1S/C17H23N3/c1-11(2)19-6-7-20-16(10-19)12(3)15-8-14(13-4-5-13)9-18-17(15)20/h8-9,11,13H,4-7,10H2,1-3H3. The molecule has 0 aromatic carbocycles. The minimum absolute atomic E-state index is 0.621. The van der Waals surface area contributed by atoms with Crippen LogP contribution in [0.5, 0.6) is 0 Å². The Kier molecular flexibility index (Phi) is 2.68. The second kappa shape index (κ2) is 4.32. The van der Waals surface area contributed by atoms with E-state index in [1.807, 2.05) is 0 Å². The smallest absolute Gasteiger partial charge is 0.140 e. The number of hydrogen-bond donors (Lipinski definition) is 0. The quantitative estimate of drug-likeness (QED) is 0.832. The number of nitrogens with zero attached hydrogens (tertiary/aromatic N) is 3. The molecule has 0 atom stereocenters. The Morgan fingerprint density at radius 1 is 1.25 bits per heavy atom. The van der Waals surface area contributed by atoms with Crippen LogP contribution in [0.1, 0.15) is 49.4 Å². The number of pyridine rings is 1. The molecule has 3 heteroatoms. The van der Waals surface area contributed by atoms with Crippen molar-refractivity contribution in [1.82, 2.24) is 14.5 Å². The second-order valence-electron chi connectivity index (χ2n) is 6.70. The lowest BCUT2D eigenvalue weighted by Crippen LogP contribution is -2.38. The van der Waals surface area contributed by atoms with Crippen LogP contribution < -0.4 is 0 Å². The van der Waals surface area contributed by atoms with E-state index in [0.717, 1.165) is 25.6 Å². The Balaban J connectivity index is 1.83. The number of fused-ring (bicyclic) bond motifs is 3. The van der Waals surface area contributed by atoms with E-state index in [9.17, 15) is 0 Å². The van der Waals surface area contributed by atoms with Gasteiger partial charge >= 0.3 is 0 Å². The van der Waals surface area contributed by atoms with Crippen molar-refractivity contribution in [2.24, 2.45) is 0 Å². The van der Waals surface area contributed by atoms with Gasteiger partial charge in [-0.3, -0.25) is 4.90 Å². The first-order valence-electron chi connectivity index (χ1n) is 7.87. The Morgan fingerprint density at radius 3 is 2.75 bits per heavy atom. The molecule has 20 heavy (non-hydrogen) atoms. The van der Waals surface area contributed by atoms with Gasteiger partial charge < -0.3 is 4.57 Å². The fourth-order valence-electron chi connectivity index (χ4n) is 3.48. The number of aryl methyl sites for hydroxylation is 1. The molecule has 3 nitrogen and oxygen atoms in total. The van der Waals surface area contributed by atoms with Crippen molar-refractivity contribution >= 4 is 11.0 Å². The number of aromatic nitrogens is 2. The number of rotatable bonds is 2. The van der Waals surface area contributed by atoms with Crippen LogP contribution in [0.15, 0.2) is 12.3 Å². The fourth-order valence-corrected chi connectivity index (χ4v) is 3.48. The topological polar surface area (TPSA) is 21.1 Å². The summed E-state index contributed by atoms with van der Waals surface area (Å²) in [4.78, 5) is 7.35. The number of hydrogen-bond acceptors (Lipinski definition) is 2. The minimum Gasteiger partial charge on any atom is -0.327 e. The normalized spacial score (nSPS) is 19.8. The summed E-state index contributed by atoms with van der Waals surface area (Å²) in [5.74, 6) is 0.787. The summed E-state index contributed by atoms with van der Waals surface area (Å²) >= 11 is 0. The molecule has 1 fully saturated rings. The lowest BCUT2D eigenvalue weighted by molar-refractivity contribution is 0.178. The molecule has 0 amide bonds. The van der Waals surface area contributed by atoms with E-state index in [1.54, 1.807) is 0 Å². The highest BCUT2D eigenvalue weighted by Crippen LogP contribution is 2.41. The Morgan fingerprint density at radius 2 is 2.05 bits per heavy atom. The predicted octanol–water partition coefficient (Wildman–Crippen LogP) is 3.45. The van der Waals surface area contributed by atoms with Crippen LogP contribution in [-0.4, -0.2) is 27.0 Å². The molecule has 0 unspecified atom stereocenters. The minimum atomic E-state index is 0.621. The first-order chi connectivity index (χ1) is 9.65. The van der Waals surface area contributed by atoms with Crippen molar-refractivity contribution in [1.29, 1.82) is 0 Å². The van der Waals surface area contributed by atoms with Crippen LogP contribution in [0.3, 0.4) is 0 Å². The third-order valence-electron chi connectivity index (χ3n) is 5.05. The summed E-state index contributed by atoms with van der Waals surface area (Å²) in [7, 11) is 0. The van der Waals surface area contributed by atoms with Gasteiger partial charge in [0.2, 0.25) is 0 Å². The summed E-state index contributed by atoms with van der Waals surface area (Å²) in [6, 6.07) is 3.02. The van der Waals surface area contributed by atoms with Gasteiger partial charge in [0.15, 0.2) is 0 Å². The third-order valence-corrected chi connectivity index (χ3v) is 5.05. The average molecular weight is 269 g/mol. The molecule has 0 bridgehead atoms. The monoisotopic (exact) mass is 269 g/mol. The summed E-state index contributed by atoms with van der Waals surface area (Å²) in [6.45, 7) is 10.1. The summed E-state index contributed by atoms with van der Waals surface area (Å²) in [5.41, 5.74) is 5.57. The summed E-state index contributed by atoms with van der Waals surface area (Å²) in [5, 5.41) is 1.38. The third kappa shape index (κ3) is 1.80. The molecule has 1 aliphatic heterocycles. The zero-order valence-electron chi connectivity index (χ0n) is 12.7. The van der Waals surface area contributed by atoms with E-state index in [1.165, 1.54) is 40.7 Å². The molecular formula is C17H23N3. The molecule has 0 radical (unpaired) electrons. The SMILES string of the molecule is Cc1c2n(c3ncc(C4CC4)cc13)CCN(C(C)C)C2. The van der Waals surface area contributed by atoms with E-state index in [4.69, 9.17) is 4.98 Å². The van der Waals surface area contributed by atoms with E-state index in [-0.39, 0.29) is 0 Å². The zero-order valence-corrected chi connectivity index (χ0v) is 12.7. The molecule has 2 aromatic rings. The fraction of sp³-hybridized carbons (Fsp3) is 0.588. The molecule has 1 aliphatic carbocycles. The van der Waals surface area contributed by atoms with Crippen LogP contribution in [0.4, 0.5) is 0 Å². The molecular weight excluding hydrogens is 246 g/mol. The molecule has 2 aliphatic rings. The van der Waals surface area contributed by atoms with E-state index < -0.39 is 0 Å². The van der Waals surface area contributed by atoms with Crippen LogP contribution in [-0.2, 0) is 13.1 Å². The van der Waals surface area contributed by atoms with Crippen molar-refractivity contribution in [3.05, 3.63) is 29.1 Å². The molecule has 1 saturated carbocycles. The van der Waals surface area contributed by atoms with Gasteiger partial charge in [-0.15, -0.1) is 0 Å². The van der Waals surface area contributed by atoms with Gasteiger partial charge in [0.05, 0.1) is 0 Å². The average Bonchev–Trinajstić information content (AvgIpc) is 3.26. The summed E-state index contributed by atoms with van der Waals surface area (Å²) in [6.07, 6.45) is 4.81. The van der Waals surface area contributed by atoms with Crippen LogP contribution in [0.25, 0.3) is 11.0 Å². The van der Waals surface area contributed by atoms with Crippen molar-refractivity contribution in [2.75, 3.05) is 6.54 Å². The maximum atomic E-state index is 4.79. The maximum Gasteiger partial charge on any atom is 0.140 e. The van der Waals surface area contributed by atoms with Crippen molar-refractivity contribution < 1.29 is 0 Å². The van der Waals surface area contributed by atoms with Crippen molar-refractivity contribution in [3.63, 3.8) is 0 Å². The van der Waals surface area contributed by atoms with E-state index >= 15 is 0 Å². The Labute approximate surface area is 120 Å². The molecule has 4 rings (SSSR count). The first kappa shape index (κ1) is 12.4. The van der Waals surface area contributed by atoms with Crippen LogP contribution in [0.2, 0.25) is 0 Å². The lowest BCUT2D eigenvalue weighted by atomic mass is 10.1. The van der Waals surface area contributed by atoms with Gasteiger partial charge in [0.1, 0.15) is 5.65 Å². The van der Waals surface area contributed by atoms with Gasteiger partial charge in [-0.1, -0.05) is 0 Å². The Bertz CT molecular complexity index is 664. The largest absolute Gasteiger partial charge is 0.327 e. The molecule has 0 spiro atoms. The highest BCUT2D eigenvalue weighted by atomic mass is 15.2. The maximum absolute atomic E-state index is 4.79. The molecule has 106 valence electrons. The van der Waals surface area contributed by atoms with E-state index in [0.29, 0.717) is 6.04 Å². The molecule has 2 aromatic heterocycles. The predicted molar refractivity (Wildman–Crippen MR) is 82.0 cm³/mol. The van der Waals surface area contributed by atoms with Crippen LogP contribution in [0, 0.1) is 6.92 Å². The van der Waals surface area contributed by atoms with E-state index in [2.05, 4.69) is 42.5 Å². The first-order valence-corrected chi connectivity index (χ1v) is 7.87.